The summed E-state index contributed by atoms with van der Waals surface area (Å²) < 4.78 is 41.5. The number of nitrogens with one attached hydrogen (secondary N) is 1. The minimum Gasteiger partial charge on any atom is -0.475 e. The highest BCUT2D eigenvalue weighted by atomic mass is 35.5. The molecule has 4 fully saturated rings. The van der Waals surface area contributed by atoms with Crippen LogP contribution in [0.5, 0.6) is 11.9 Å². The largest absolute Gasteiger partial charge is 0.475 e. The molecule has 3 saturated heterocycles. The number of anilines is 1. The molecule has 0 amide bonds. The standard InChI is InChI=1S/C34H36Cl2FN7O4/c1-45-11-6-18-13-34(7-2-8-43(34)14-18)17-48-33-39-29-26-31(40-33)44-9-3-10-46-15-20(44)16-47-32(26)38-28(27(29)37)25-23(19-4-5-19)21(35)12-22-24(25)30(36)42-41-22/h6,12,19-20H,2-5,7-11,13-17H2,1H3,(H,41,42)/b18-6-/t20-,34-/m0/s1. The third kappa shape index (κ3) is 5.02. The molecule has 4 aliphatic heterocycles. The maximum absolute atomic E-state index is 17.3. The van der Waals surface area contributed by atoms with E-state index >= 15 is 4.39 Å². The van der Waals surface area contributed by atoms with Crippen LogP contribution in [0.2, 0.25) is 10.2 Å². The fraction of sp³-hybridized carbons (Fsp3) is 0.529. The first-order valence-corrected chi connectivity index (χ1v) is 17.5. The van der Waals surface area contributed by atoms with Gasteiger partial charge in [-0.1, -0.05) is 34.9 Å². The van der Waals surface area contributed by atoms with Crippen LogP contribution in [0.4, 0.5) is 10.2 Å². The monoisotopic (exact) mass is 695 g/mol. The fourth-order valence-corrected chi connectivity index (χ4v) is 8.71. The number of fused-ring (bicyclic) bond motifs is 4. The quantitative estimate of drug-likeness (QED) is 0.229. The van der Waals surface area contributed by atoms with E-state index in [0.29, 0.717) is 77.4 Å². The number of aromatic amines is 1. The molecule has 0 spiro atoms. The Morgan fingerprint density at radius 3 is 2.90 bits per heavy atom. The van der Waals surface area contributed by atoms with Crippen molar-refractivity contribution in [2.45, 2.75) is 56.0 Å². The van der Waals surface area contributed by atoms with E-state index in [9.17, 15) is 0 Å². The molecular formula is C34H36Cl2FN7O4. The van der Waals surface area contributed by atoms with Gasteiger partial charge in [-0.25, -0.2) is 9.37 Å². The predicted molar refractivity (Wildman–Crippen MR) is 180 cm³/mol. The van der Waals surface area contributed by atoms with Gasteiger partial charge in [0.2, 0.25) is 5.88 Å². The van der Waals surface area contributed by atoms with Crippen LogP contribution in [0.3, 0.4) is 0 Å². The maximum Gasteiger partial charge on any atom is 0.319 e. The van der Waals surface area contributed by atoms with Crippen LogP contribution in [0.15, 0.2) is 17.7 Å². The molecule has 0 radical (unpaired) electrons. The fourth-order valence-electron chi connectivity index (χ4n) is 8.13. The number of methoxy groups -OCH3 is 1. The topological polar surface area (TPSA) is 111 Å². The molecule has 2 atom stereocenters. The van der Waals surface area contributed by atoms with Crippen LogP contribution >= 0.6 is 23.2 Å². The average Bonchev–Trinajstić information content (AvgIpc) is 3.73. The van der Waals surface area contributed by atoms with Gasteiger partial charge in [-0.15, -0.1) is 0 Å². The van der Waals surface area contributed by atoms with Crippen molar-refractivity contribution < 1.29 is 23.3 Å². The van der Waals surface area contributed by atoms with E-state index in [2.05, 4.69) is 26.1 Å². The molecule has 252 valence electrons. The lowest BCUT2D eigenvalue weighted by molar-refractivity contribution is 0.108. The van der Waals surface area contributed by atoms with Gasteiger partial charge in [-0.05, 0) is 62.6 Å². The van der Waals surface area contributed by atoms with Crippen molar-refractivity contribution in [2.24, 2.45) is 0 Å². The summed E-state index contributed by atoms with van der Waals surface area (Å²) in [6.45, 7) is 4.91. The minimum atomic E-state index is -0.607. The van der Waals surface area contributed by atoms with Crippen LogP contribution < -0.4 is 14.4 Å². The molecule has 0 unspecified atom stereocenters. The summed E-state index contributed by atoms with van der Waals surface area (Å²) in [5.41, 5.74) is 3.21. The normalized spacial score (nSPS) is 25.0. The number of pyridine rings is 1. The zero-order chi connectivity index (χ0) is 32.6. The Morgan fingerprint density at radius 2 is 2.04 bits per heavy atom. The number of ether oxygens (including phenoxy) is 4. The van der Waals surface area contributed by atoms with Crippen LogP contribution in [0.25, 0.3) is 33.1 Å². The predicted octanol–water partition coefficient (Wildman–Crippen LogP) is 6.07. The molecule has 11 nitrogen and oxygen atoms in total. The van der Waals surface area contributed by atoms with E-state index in [1.165, 1.54) is 5.57 Å². The summed E-state index contributed by atoms with van der Waals surface area (Å²) in [7, 11) is 1.71. The van der Waals surface area contributed by atoms with Crippen molar-refractivity contribution >= 4 is 50.8 Å². The van der Waals surface area contributed by atoms with Crippen LogP contribution in [-0.2, 0) is 9.47 Å². The second kappa shape index (κ2) is 11.9. The zero-order valence-corrected chi connectivity index (χ0v) is 28.2. The van der Waals surface area contributed by atoms with Crippen molar-refractivity contribution in [1.82, 2.24) is 30.0 Å². The first-order valence-electron chi connectivity index (χ1n) is 16.7. The Balaban J connectivity index is 1.21. The van der Waals surface area contributed by atoms with E-state index < -0.39 is 5.82 Å². The summed E-state index contributed by atoms with van der Waals surface area (Å²) in [5.74, 6) is 0.362. The van der Waals surface area contributed by atoms with E-state index in [1.54, 1.807) is 13.2 Å². The summed E-state index contributed by atoms with van der Waals surface area (Å²) in [4.78, 5) is 19.2. The molecule has 7 heterocycles. The zero-order valence-electron chi connectivity index (χ0n) is 26.7. The lowest BCUT2D eigenvalue weighted by atomic mass is 9.93. The van der Waals surface area contributed by atoms with Gasteiger partial charge >= 0.3 is 6.01 Å². The molecule has 0 bridgehead atoms. The van der Waals surface area contributed by atoms with Crippen molar-refractivity contribution in [2.75, 3.05) is 64.7 Å². The van der Waals surface area contributed by atoms with E-state index in [1.807, 2.05) is 0 Å². The van der Waals surface area contributed by atoms with Gasteiger partial charge in [0.25, 0.3) is 0 Å². The molecule has 1 aliphatic carbocycles. The van der Waals surface area contributed by atoms with Gasteiger partial charge in [0, 0.05) is 42.8 Å². The molecule has 5 aliphatic rings. The Kier molecular flexibility index (Phi) is 7.65. The number of rotatable bonds is 7. The number of hydrogen-bond acceptors (Lipinski definition) is 10. The van der Waals surface area contributed by atoms with Crippen molar-refractivity contribution in [3.8, 4) is 23.1 Å². The summed E-state index contributed by atoms with van der Waals surface area (Å²) >= 11 is 13.5. The van der Waals surface area contributed by atoms with Crippen LogP contribution in [0, 0.1) is 5.82 Å². The number of H-pyrrole nitrogens is 1. The van der Waals surface area contributed by atoms with E-state index in [0.717, 1.165) is 57.2 Å². The number of benzene rings is 1. The SMILES string of the molecule is COC/C=C1\CN2CCC[C@@]2(COc2nc3c4c(nc(-c5c(C6CC6)c(Cl)cc6n[nH]c(Cl)c56)c(F)c4n2)OC[C@@H]2COCCCN32)C1. The summed E-state index contributed by atoms with van der Waals surface area (Å²) in [5, 5.41) is 8.96. The van der Waals surface area contributed by atoms with E-state index in [-0.39, 0.29) is 40.6 Å². The minimum absolute atomic E-state index is 0.0726. The van der Waals surface area contributed by atoms with E-state index in [4.69, 9.17) is 57.1 Å². The Bertz CT molecular complexity index is 1970. The summed E-state index contributed by atoms with van der Waals surface area (Å²) in [6.07, 6.45) is 7.83. The van der Waals surface area contributed by atoms with Crippen molar-refractivity contribution in [3.63, 3.8) is 0 Å². The smallest absolute Gasteiger partial charge is 0.319 e. The third-order valence-electron chi connectivity index (χ3n) is 10.5. The second-order valence-corrected chi connectivity index (χ2v) is 14.4. The Morgan fingerprint density at radius 1 is 1.15 bits per heavy atom. The van der Waals surface area contributed by atoms with Gasteiger partial charge in [0.15, 0.2) is 5.82 Å². The number of halogens is 3. The Labute approximate surface area is 286 Å². The molecule has 4 aromatic rings. The highest BCUT2D eigenvalue weighted by molar-refractivity contribution is 6.37. The highest BCUT2D eigenvalue weighted by Gasteiger charge is 2.47. The first-order chi connectivity index (χ1) is 23.4. The number of nitrogens with zero attached hydrogens (tertiary/aromatic N) is 6. The van der Waals surface area contributed by atoms with Gasteiger partial charge in [0.1, 0.15) is 40.8 Å². The second-order valence-electron chi connectivity index (χ2n) is 13.6. The lowest BCUT2D eigenvalue weighted by Crippen LogP contribution is -2.43. The average molecular weight is 697 g/mol. The molecule has 48 heavy (non-hydrogen) atoms. The van der Waals surface area contributed by atoms with Gasteiger partial charge in [0.05, 0.1) is 30.3 Å². The maximum atomic E-state index is 17.3. The number of hydrogen-bond donors (Lipinski definition) is 1. The third-order valence-corrected chi connectivity index (χ3v) is 11.1. The number of aromatic nitrogens is 5. The van der Waals surface area contributed by atoms with Gasteiger partial charge in [-0.3, -0.25) is 10.00 Å². The molecular weight excluding hydrogens is 660 g/mol. The molecule has 14 heteroatoms. The lowest BCUT2D eigenvalue weighted by Gasteiger charge is -2.31. The van der Waals surface area contributed by atoms with Crippen molar-refractivity contribution in [3.05, 3.63) is 39.3 Å². The van der Waals surface area contributed by atoms with Crippen LogP contribution in [0.1, 0.15) is 50.0 Å². The molecule has 3 aromatic heterocycles. The molecule has 1 aromatic carbocycles. The Hall–Kier alpha value is -3.29. The highest BCUT2D eigenvalue weighted by Crippen LogP contribution is 2.52. The molecule has 1 N–H and O–H groups in total. The first kappa shape index (κ1) is 30.7. The summed E-state index contributed by atoms with van der Waals surface area (Å²) in [6, 6.07) is 1.76. The van der Waals surface area contributed by atoms with Crippen molar-refractivity contribution in [1.29, 1.82) is 0 Å². The van der Waals surface area contributed by atoms with Gasteiger partial charge in [-0.2, -0.15) is 15.1 Å². The molecule has 9 rings (SSSR count). The van der Waals surface area contributed by atoms with Gasteiger partial charge < -0.3 is 23.8 Å². The molecule has 1 saturated carbocycles. The van der Waals surface area contributed by atoms with Crippen LogP contribution in [-0.4, -0.2) is 101 Å².